The zero-order valence-electron chi connectivity index (χ0n) is 10.9. The van der Waals surface area contributed by atoms with Crippen LogP contribution in [-0.2, 0) is 10.0 Å². The van der Waals surface area contributed by atoms with Gasteiger partial charge in [0.1, 0.15) is 0 Å². The number of nitrogens with two attached hydrogens (primary N) is 1. The summed E-state index contributed by atoms with van der Waals surface area (Å²) in [6.07, 6.45) is 2.40. The lowest BCUT2D eigenvalue weighted by Gasteiger charge is -2.20. The number of amidine groups is 1. The SMILES string of the molecule is Cc1ccccc1S(=O)(=O)NC1CCCC1C(=N)N. The van der Waals surface area contributed by atoms with E-state index in [1.54, 1.807) is 25.1 Å². The van der Waals surface area contributed by atoms with Gasteiger partial charge in [0, 0.05) is 12.0 Å². The van der Waals surface area contributed by atoms with Crippen molar-refractivity contribution in [2.75, 3.05) is 0 Å². The molecule has 5 nitrogen and oxygen atoms in total. The summed E-state index contributed by atoms with van der Waals surface area (Å²) in [5.41, 5.74) is 6.24. The van der Waals surface area contributed by atoms with Gasteiger partial charge in [-0.05, 0) is 31.4 Å². The first kappa shape index (κ1) is 14.0. The van der Waals surface area contributed by atoms with Gasteiger partial charge in [0.15, 0.2) is 0 Å². The molecule has 0 amide bonds. The smallest absolute Gasteiger partial charge is 0.241 e. The fraction of sp³-hybridized carbons (Fsp3) is 0.462. The molecular weight excluding hydrogens is 262 g/mol. The first-order valence-corrected chi connectivity index (χ1v) is 7.82. The Kier molecular flexibility index (Phi) is 3.91. The van der Waals surface area contributed by atoms with E-state index in [1.807, 2.05) is 6.07 Å². The Hall–Kier alpha value is -1.40. The number of hydrogen-bond acceptors (Lipinski definition) is 3. The predicted molar refractivity (Wildman–Crippen MR) is 74.5 cm³/mol. The molecule has 0 spiro atoms. The molecule has 0 bridgehead atoms. The van der Waals surface area contributed by atoms with E-state index in [4.69, 9.17) is 11.1 Å². The Morgan fingerprint density at radius 2 is 2.05 bits per heavy atom. The number of benzene rings is 1. The molecule has 1 fully saturated rings. The summed E-state index contributed by atoms with van der Waals surface area (Å²) in [5.74, 6) is -0.117. The zero-order chi connectivity index (χ0) is 14.0. The molecule has 0 saturated heterocycles. The van der Waals surface area contributed by atoms with Crippen molar-refractivity contribution in [1.82, 2.24) is 4.72 Å². The fourth-order valence-corrected chi connectivity index (χ4v) is 4.15. The molecule has 1 aromatic rings. The van der Waals surface area contributed by atoms with Crippen LogP contribution in [0.25, 0.3) is 0 Å². The Morgan fingerprint density at radius 3 is 2.68 bits per heavy atom. The van der Waals surface area contributed by atoms with E-state index in [0.717, 1.165) is 19.3 Å². The normalized spacial score (nSPS) is 23.4. The fourth-order valence-electron chi connectivity index (χ4n) is 2.59. The average Bonchev–Trinajstić information content (AvgIpc) is 2.76. The maximum absolute atomic E-state index is 12.4. The highest BCUT2D eigenvalue weighted by molar-refractivity contribution is 7.89. The molecule has 2 unspecified atom stereocenters. The van der Waals surface area contributed by atoms with Crippen LogP contribution in [0, 0.1) is 18.3 Å². The highest BCUT2D eigenvalue weighted by Gasteiger charge is 2.33. The molecule has 19 heavy (non-hydrogen) atoms. The monoisotopic (exact) mass is 281 g/mol. The van der Waals surface area contributed by atoms with Crippen LogP contribution in [-0.4, -0.2) is 20.3 Å². The molecule has 0 aromatic heterocycles. The van der Waals surface area contributed by atoms with Crippen molar-refractivity contribution in [2.24, 2.45) is 11.7 Å². The average molecular weight is 281 g/mol. The minimum atomic E-state index is -3.54. The van der Waals surface area contributed by atoms with Crippen molar-refractivity contribution in [3.63, 3.8) is 0 Å². The Bertz CT molecular complexity index is 583. The van der Waals surface area contributed by atoms with Gasteiger partial charge in [0.2, 0.25) is 10.0 Å². The number of nitrogens with one attached hydrogen (secondary N) is 2. The van der Waals surface area contributed by atoms with Gasteiger partial charge >= 0.3 is 0 Å². The van der Waals surface area contributed by atoms with Crippen molar-refractivity contribution in [1.29, 1.82) is 5.41 Å². The molecule has 0 aliphatic heterocycles. The van der Waals surface area contributed by atoms with Crippen LogP contribution < -0.4 is 10.5 Å². The van der Waals surface area contributed by atoms with E-state index in [9.17, 15) is 8.42 Å². The van der Waals surface area contributed by atoms with Crippen molar-refractivity contribution in [3.8, 4) is 0 Å². The molecule has 0 radical (unpaired) electrons. The summed E-state index contributed by atoms with van der Waals surface area (Å²) in [5, 5.41) is 7.52. The molecule has 0 heterocycles. The maximum atomic E-state index is 12.4. The van der Waals surface area contributed by atoms with Crippen molar-refractivity contribution in [2.45, 2.75) is 37.1 Å². The molecule has 1 aromatic carbocycles. The number of aryl methyl sites for hydroxylation is 1. The first-order chi connectivity index (χ1) is 8.92. The summed E-state index contributed by atoms with van der Waals surface area (Å²) in [7, 11) is -3.54. The third-order valence-electron chi connectivity index (χ3n) is 3.61. The molecule has 2 rings (SSSR count). The van der Waals surface area contributed by atoms with Gasteiger partial charge in [0.05, 0.1) is 10.7 Å². The van der Waals surface area contributed by atoms with Gasteiger partial charge in [-0.3, -0.25) is 5.41 Å². The topological polar surface area (TPSA) is 96.0 Å². The molecule has 2 atom stereocenters. The van der Waals surface area contributed by atoms with Crippen LogP contribution >= 0.6 is 0 Å². The second-order valence-electron chi connectivity index (χ2n) is 4.99. The second kappa shape index (κ2) is 5.30. The standard InChI is InChI=1S/C13H19N3O2S/c1-9-5-2-3-8-12(9)19(17,18)16-11-7-4-6-10(11)13(14)15/h2-3,5,8,10-11,16H,4,6-7H2,1H3,(H3,14,15). The van der Waals surface area contributed by atoms with Gasteiger partial charge < -0.3 is 5.73 Å². The lowest BCUT2D eigenvalue weighted by Crippen LogP contribution is -2.42. The minimum Gasteiger partial charge on any atom is -0.387 e. The summed E-state index contributed by atoms with van der Waals surface area (Å²) in [4.78, 5) is 0.296. The lowest BCUT2D eigenvalue weighted by molar-refractivity contribution is 0.521. The van der Waals surface area contributed by atoms with Crippen LogP contribution in [0.4, 0.5) is 0 Å². The van der Waals surface area contributed by atoms with Crippen LogP contribution in [0.1, 0.15) is 24.8 Å². The van der Waals surface area contributed by atoms with Crippen LogP contribution in [0.5, 0.6) is 0 Å². The van der Waals surface area contributed by atoms with E-state index in [0.29, 0.717) is 10.5 Å². The van der Waals surface area contributed by atoms with Gasteiger partial charge in [0.25, 0.3) is 0 Å². The zero-order valence-corrected chi connectivity index (χ0v) is 11.7. The summed E-state index contributed by atoms with van der Waals surface area (Å²) in [6.45, 7) is 1.77. The second-order valence-corrected chi connectivity index (χ2v) is 6.67. The molecule has 1 aliphatic carbocycles. The lowest BCUT2D eigenvalue weighted by atomic mass is 10.0. The van der Waals surface area contributed by atoms with Gasteiger partial charge in [-0.25, -0.2) is 13.1 Å². The van der Waals surface area contributed by atoms with Crippen molar-refractivity contribution < 1.29 is 8.42 Å². The molecule has 6 heteroatoms. The molecule has 1 aliphatic rings. The van der Waals surface area contributed by atoms with Gasteiger partial charge in [-0.1, -0.05) is 24.6 Å². The highest BCUT2D eigenvalue weighted by Crippen LogP contribution is 2.27. The maximum Gasteiger partial charge on any atom is 0.241 e. The van der Waals surface area contributed by atoms with Gasteiger partial charge in [-0.15, -0.1) is 0 Å². The largest absolute Gasteiger partial charge is 0.387 e. The molecule has 4 N–H and O–H groups in total. The number of sulfonamides is 1. The van der Waals surface area contributed by atoms with Crippen molar-refractivity contribution >= 4 is 15.9 Å². The summed E-state index contributed by atoms with van der Waals surface area (Å²) in [6, 6.07) is 6.62. The Balaban J connectivity index is 2.23. The van der Waals surface area contributed by atoms with E-state index in [2.05, 4.69) is 4.72 Å². The quantitative estimate of drug-likeness (QED) is 0.574. The third kappa shape index (κ3) is 2.96. The predicted octanol–water partition coefficient (Wildman–Crippen LogP) is 1.38. The molecular formula is C13H19N3O2S. The van der Waals surface area contributed by atoms with Crippen LogP contribution in [0.3, 0.4) is 0 Å². The van der Waals surface area contributed by atoms with E-state index >= 15 is 0 Å². The third-order valence-corrected chi connectivity index (χ3v) is 5.26. The van der Waals surface area contributed by atoms with Gasteiger partial charge in [-0.2, -0.15) is 0 Å². The minimum absolute atomic E-state index is 0.0648. The molecule has 1 saturated carbocycles. The Labute approximate surface area is 113 Å². The Morgan fingerprint density at radius 1 is 1.37 bits per heavy atom. The summed E-state index contributed by atoms with van der Waals surface area (Å²) < 4.78 is 27.4. The highest BCUT2D eigenvalue weighted by atomic mass is 32.2. The van der Waals surface area contributed by atoms with E-state index in [1.165, 1.54) is 0 Å². The van der Waals surface area contributed by atoms with E-state index < -0.39 is 10.0 Å². The van der Waals surface area contributed by atoms with Crippen LogP contribution in [0.15, 0.2) is 29.2 Å². The number of rotatable bonds is 4. The van der Waals surface area contributed by atoms with E-state index in [-0.39, 0.29) is 17.8 Å². The number of hydrogen-bond donors (Lipinski definition) is 3. The molecule has 104 valence electrons. The van der Waals surface area contributed by atoms with Crippen molar-refractivity contribution in [3.05, 3.63) is 29.8 Å². The first-order valence-electron chi connectivity index (χ1n) is 6.33. The summed E-state index contributed by atoms with van der Waals surface area (Å²) >= 11 is 0. The van der Waals surface area contributed by atoms with Crippen LogP contribution in [0.2, 0.25) is 0 Å².